The topological polar surface area (TPSA) is 23.5 Å². The number of hydrogen-bond donors (Lipinski definition) is 1. The molecular formula is C18H23NO. The minimum Gasteiger partial charge on any atom is -0.391 e. The minimum absolute atomic E-state index is 0.0137. The van der Waals surface area contributed by atoms with Crippen molar-refractivity contribution in [1.82, 2.24) is 4.90 Å². The lowest BCUT2D eigenvalue weighted by molar-refractivity contribution is 0.121. The molecule has 0 radical (unpaired) electrons. The molecule has 106 valence electrons. The van der Waals surface area contributed by atoms with Crippen molar-refractivity contribution in [3.63, 3.8) is 0 Å². The zero-order valence-electron chi connectivity index (χ0n) is 12.5. The molecule has 2 heteroatoms. The Balaban J connectivity index is 2.42. The zero-order valence-corrected chi connectivity index (χ0v) is 12.5. The number of aryl methyl sites for hydroxylation is 1. The molecule has 0 amide bonds. The molecule has 0 heterocycles. The van der Waals surface area contributed by atoms with Crippen LogP contribution < -0.4 is 0 Å². The molecule has 0 unspecified atom stereocenters. The maximum absolute atomic E-state index is 10.7. The van der Waals surface area contributed by atoms with E-state index < -0.39 is 6.10 Å². The van der Waals surface area contributed by atoms with E-state index in [4.69, 9.17) is 0 Å². The molecule has 2 atom stereocenters. The Kier molecular flexibility index (Phi) is 4.94. The lowest BCUT2D eigenvalue weighted by Crippen LogP contribution is -2.32. The SMILES string of the molecule is Cc1ccccc1[C@@H](c1ccccc1)[C@@H](O)CN(C)C. The third-order valence-electron chi connectivity index (χ3n) is 3.62. The van der Waals surface area contributed by atoms with E-state index in [1.54, 1.807) is 0 Å². The number of benzene rings is 2. The van der Waals surface area contributed by atoms with E-state index in [0.29, 0.717) is 6.54 Å². The van der Waals surface area contributed by atoms with Gasteiger partial charge < -0.3 is 10.0 Å². The van der Waals surface area contributed by atoms with Crippen molar-refractivity contribution in [1.29, 1.82) is 0 Å². The van der Waals surface area contributed by atoms with Crippen LogP contribution in [0, 0.1) is 6.92 Å². The number of nitrogens with zero attached hydrogens (tertiary/aromatic N) is 1. The molecule has 20 heavy (non-hydrogen) atoms. The third-order valence-corrected chi connectivity index (χ3v) is 3.62. The molecule has 0 aliphatic carbocycles. The van der Waals surface area contributed by atoms with Crippen LogP contribution in [0.3, 0.4) is 0 Å². The highest BCUT2D eigenvalue weighted by Crippen LogP contribution is 2.30. The second-order valence-corrected chi connectivity index (χ2v) is 5.57. The molecule has 2 aromatic carbocycles. The Morgan fingerprint density at radius 2 is 1.55 bits per heavy atom. The summed E-state index contributed by atoms with van der Waals surface area (Å²) in [6.45, 7) is 2.75. The molecular weight excluding hydrogens is 246 g/mol. The smallest absolute Gasteiger partial charge is 0.0775 e. The van der Waals surface area contributed by atoms with Crippen molar-refractivity contribution in [3.8, 4) is 0 Å². The first-order chi connectivity index (χ1) is 9.59. The monoisotopic (exact) mass is 269 g/mol. The lowest BCUT2D eigenvalue weighted by Gasteiger charge is -2.27. The average molecular weight is 269 g/mol. The van der Waals surface area contributed by atoms with Gasteiger partial charge in [0.1, 0.15) is 0 Å². The van der Waals surface area contributed by atoms with E-state index in [2.05, 4.69) is 31.2 Å². The first kappa shape index (κ1) is 14.8. The zero-order chi connectivity index (χ0) is 14.5. The molecule has 0 spiro atoms. The predicted molar refractivity (Wildman–Crippen MR) is 84.0 cm³/mol. The quantitative estimate of drug-likeness (QED) is 0.902. The Morgan fingerprint density at radius 3 is 2.15 bits per heavy atom. The minimum atomic E-state index is -0.423. The van der Waals surface area contributed by atoms with Crippen molar-refractivity contribution in [2.45, 2.75) is 18.9 Å². The molecule has 0 bridgehead atoms. The van der Waals surface area contributed by atoms with E-state index >= 15 is 0 Å². The maximum Gasteiger partial charge on any atom is 0.0775 e. The van der Waals surface area contributed by atoms with Gasteiger partial charge in [0.15, 0.2) is 0 Å². The first-order valence-electron chi connectivity index (χ1n) is 7.03. The Labute approximate surface area is 121 Å². The number of hydrogen-bond acceptors (Lipinski definition) is 2. The summed E-state index contributed by atoms with van der Waals surface area (Å²) in [6.07, 6.45) is -0.423. The van der Waals surface area contributed by atoms with Crippen LogP contribution in [-0.2, 0) is 0 Å². The molecule has 0 fully saturated rings. The van der Waals surface area contributed by atoms with Crippen LogP contribution in [0.25, 0.3) is 0 Å². The fourth-order valence-corrected chi connectivity index (χ4v) is 2.68. The molecule has 0 saturated heterocycles. The average Bonchev–Trinajstić information content (AvgIpc) is 2.42. The van der Waals surface area contributed by atoms with E-state index in [-0.39, 0.29) is 5.92 Å². The van der Waals surface area contributed by atoms with E-state index in [0.717, 1.165) is 5.56 Å². The summed E-state index contributed by atoms with van der Waals surface area (Å²) >= 11 is 0. The van der Waals surface area contributed by atoms with Crippen molar-refractivity contribution in [2.24, 2.45) is 0 Å². The van der Waals surface area contributed by atoms with Gasteiger partial charge in [-0.2, -0.15) is 0 Å². The van der Waals surface area contributed by atoms with Gasteiger partial charge in [-0.25, -0.2) is 0 Å². The molecule has 0 saturated carbocycles. The lowest BCUT2D eigenvalue weighted by atomic mass is 9.84. The molecule has 2 nitrogen and oxygen atoms in total. The highest BCUT2D eigenvalue weighted by Gasteiger charge is 2.24. The first-order valence-corrected chi connectivity index (χ1v) is 7.03. The number of aliphatic hydroxyl groups excluding tert-OH is 1. The van der Waals surface area contributed by atoms with Gasteiger partial charge in [0, 0.05) is 12.5 Å². The molecule has 2 aromatic rings. The van der Waals surface area contributed by atoms with E-state index in [1.807, 2.05) is 49.3 Å². The largest absolute Gasteiger partial charge is 0.391 e. The van der Waals surface area contributed by atoms with Crippen LogP contribution in [0.1, 0.15) is 22.6 Å². The summed E-state index contributed by atoms with van der Waals surface area (Å²) in [7, 11) is 3.98. The molecule has 0 aliphatic heterocycles. The van der Waals surface area contributed by atoms with Gasteiger partial charge in [-0.05, 0) is 37.7 Å². The summed E-state index contributed by atoms with van der Waals surface area (Å²) < 4.78 is 0. The summed E-state index contributed by atoms with van der Waals surface area (Å²) in [5.74, 6) is 0.0137. The molecule has 1 N–H and O–H groups in total. The van der Waals surface area contributed by atoms with Crippen molar-refractivity contribution in [2.75, 3.05) is 20.6 Å². The van der Waals surface area contributed by atoms with Gasteiger partial charge in [-0.15, -0.1) is 0 Å². The maximum atomic E-state index is 10.7. The van der Waals surface area contributed by atoms with Gasteiger partial charge >= 0.3 is 0 Å². The van der Waals surface area contributed by atoms with Gasteiger partial charge in [-0.3, -0.25) is 0 Å². The normalized spacial score (nSPS) is 14.2. The summed E-state index contributed by atoms with van der Waals surface area (Å²) in [6, 6.07) is 18.6. The molecule has 0 aliphatic rings. The summed E-state index contributed by atoms with van der Waals surface area (Å²) in [5.41, 5.74) is 3.59. The number of rotatable bonds is 5. The van der Waals surface area contributed by atoms with Crippen LogP contribution in [0.4, 0.5) is 0 Å². The van der Waals surface area contributed by atoms with Gasteiger partial charge in [0.25, 0.3) is 0 Å². The number of aliphatic hydroxyl groups is 1. The fraction of sp³-hybridized carbons (Fsp3) is 0.333. The van der Waals surface area contributed by atoms with Crippen molar-refractivity contribution < 1.29 is 5.11 Å². The van der Waals surface area contributed by atoms with Crippen LogP contribution in [0.2, 0.25) is 0 Å². The number of likely N-dealkylation sites (N-methyl/N-ethyl adjacent to an activating group) is 1. The van der Waals surface area contributed by atoms with Gasteiger partial charge in [0.05, 0.1) is 6.10 Å². The van der Waals surface area contributed by atoms with Crippen LogP contribution in [0.5, 0.6) is 0 Å². The van der Waals surface area contributed by atoms with Crippen LogP contribution >= 0.6 is 0 Å². The standard InChI is InChI=1S/C18H23NO/c1-14-9-7-8-12-16(14)18(17(20)13-19(2)3)15-10-5-4-6-11-15/h4-12,17-18,20H,13H2,1-3H3/t17-,18+/m0/s1. The summed E-state index contributed by atoms with van der Waals surface area (Å²) in [5, 5.41) is 10.7. The second-order valence-electron chi connectivity index (χ2n) is 5.57. The Hall–Kier alpha value is -1.64. The predicted octanol–water partition coefficient (Wildman–Crippen LogP) is 3.05. The highest BCUT2D eigenvalue weighted by atomic mass is 16.3. The Morgan fingerprint density at radius 1 is 0.950 bits per heavy atom. The van der Waals surface area contributed by atoms with E-state index in [1.165, 1.54) is 11.1 Å². The summed E-state index contributed by atoms with van der Waals surface area (Å²) in [4.78, 5) is 2.03. The second kappa shape index (κ2) is 6.69. The molecule has 0 aromatic heterocycles. The van der Waals surface area contributed by atoms with Crippen LogP contribution in [0.15, 0.2) is 54.6 Å². The highest BCUT2D eigenvalue weighted by molar-refractivity contribution is 5.38. The van der Waals surface area contributed by atoms with Crippen molar-refractivity contribution in [3.05, 3.63) is 71.3 Å². The van der Waals surface area contributed by atoms with E-state index in [9.17, 15) is 5.11 Å². The van der Waals surface area contributed by atoms with Gasteiger partial charge in [-0.1, -0.05) is 54.6 Å². The Bertz CT molecular complexity index is 536. The van der Waals surface area contributed by atoms with Gasteiger partial charge in [0.2, 0.25) is 0 Å². The third kappa shape index (κ3) is 3.47. The fourth-order valence-electron chi connectivity index (χ4n) is 2.68. The van der Waals surface area contributed by atoms with Crippen LogP contribution in [-0.4, -0.2) is 36.8 Å². The molecule has 2 rings (SSSR count). The van der Waals surface area contributed by atoms with Crippen molar-refractivity contribution >= 4 is 0 Å².